The standard InChI is InChI=1S/C14H23N3O4/c1-14(13(15)20)10-17(7-8-21-14)12(19)9-16-6-4-2-3-5-11(16)18/h2-10H2,1H3,(H2,15,20). The van der Waals surface area contributed by atoms with Gasteiger partial charge in [-0.25, -0.2) is 0 Å². The number of carbonyl (C=O) groups excluding carboxylic acids is 3. The SMILES string of the molecule is CC1(C(N)=O)CN(C(=O)CN2CCCCCC2=O)CCO1. The van der Waals surface area contributed by atoms with Gasteiger partial charge >= 0.3 is 0 Å². The van der Waals surface area contributed by atoms with Crippen molar-refractivity contribution >= 4 is 17.7 Å². The molecule has 2 saturated heterocycles. The summed E-state index contributed by atoms with van der Waals surface area (Å²) in [5.41, 5.74) is 4.18. The monoisotopic (exact) mass is 297 g/mol. The highest BCUT2D eigenvalue weighted by molar-refractivity contribution is 5.87. The van der Waals surface area contributed by atoms with Crippen molar-refractivity contribution in [3.8, 4) is 0 Å². The van der Waals surface area contributed by atoms with Crippen LogP contribution in [0.25, 0.3) is 0 Å². The molecule has 0 spiro atoms. The number of hydrogen-bond donors (Lipinski definition) is 1. The molecule has 2 aliphatic heterocycles. The van der Waals surface area contributed by atoms with Gasteiger partial charge in [-0.05, 0) is 19.8 Å². The number of rotatable bonds is 3. The molecule has 0 bridgehead atoms. The molecule has 0 aromatic heterocycles. The highest BCUT2D eigenvalue weighted by Crippen LogP contribution is 2.18. The van der Waals surface area contributed by atoms with Crippen molar-refractivity contribution in [1.29, 1.82) is 0 Å². The first kappa shape index (κ1) is 15.8. The fourth-order valence-electron chi connectivity index (χ4n) is 2.70. The highest BCUT2D eigenvalue weighted by atomic mass is 16.5. The normalized spacial score (nSPS) is 27.4. The summed E-state index contributed by atoms with van der Waals surface area (Å²) in [5, 5.41) is 0. The molecule has 0 aliphatic carbocycles. The van der Waals surface area contributed by atoms with Crippen molar-refractivity contribution in [2.24, 2.45) is 5.73 Å². The largest absolute Gasteiger partial charge is 0.367 e. The molecule has 2 aliphatic rings. The Hall–Kier alpha value is -1.63. The van der Waals surface area contributed by atoms with Crippen LogP contribution < -0.4 is 5.73 Å². The van der Waals surface area contributed by atoms with E-state index in [-0.39, 0.29) is 31.5 Å². The summed E-state index contributed by atoms with van der Waals surface area (Å²) in [6.45, 7) is 3.13. The summed E-state index contributed by atoms with van der Waals surface area (Å²) >= 11 is 0. The van der Waals surface area contributed by atoms with E-state index in [2.05, 4.69) is 0 Å². The molecule has 1 unspecified atom stereocenters. The lowest BCUT2D eigenvalue weighted by Gasteiger charge is -2.39. The van der Waals surface area contributed by atoms with Crippen LogP contribution >= 0.6 is 0 Å². The Kier molecular flexibility index (Phi) is 4.82. The van der Waals surface area contributed by atoms with Crippen LogP contribution in [0.4, 0.5) is 0 Å². The summed E-state index contributed by atoms with van der Waals surface area (Å²) in [4.78, 5) is 38.9. The Bertz CT molecular complexity index is 440. The maximum absolute atomic E-state index is 12.4. The van der Waals surface area contributed by atoms with Gasteiger partial charge in [-0.2, -0.15) is 0 Å². The van der Waals surface area contributed by atoms with Gasteiger partial charge in [0.1, 0.15) is 0 Å². The van der Waals surface area contributed by atoms with Crippen LogP contribution in [0.2, 0.25) is 0 Å². The first-order chi connectivity index (χ1) is 9.92. The lowest BCUT2D eigenvalue weighted by Crippen LogP contribution is -2.59. The number of amides is 3. The summed E-state index contributed by atoms with van der Waals surface area (Å²) in [5.74, 6) is -0.696. The Morgan fingerprint density at radius 3 is 2.76 bits per heavy atom. The predicted octanol–water partition coefficient (Wildman–Crippen LogP) is -0.508. The van der Waals surface area contributed by atoms with Crippen molar-refractivity contribution in [2.75, 3.05) is 32.8 Å². The number of carbonyl (C=O) groups is 3. The second-order valence-corrected chi connectivity index (χ2v) is 5.88. The van der Waals surface area contributed by atoms with Gasteiger partial charge in [0, 0.05) is 19.5 Å². The number of hydrogen-bond acceptors (Lipinski definition) is 4. The summed E-state index contributed by atoms with van der Waals surface area (Å²) in [7, 11) is 0. The Morgan fingerprint density at radius 2 is 2.05 bits per heavy atom. The zero-order chi connectivity index (χ0) is 15.5. The van der Waals surface area contributed by atoms with E-state index < -0.39 is 11.5 Å². The van der Waals surface area contributed by atoms with Crippen molar-refractivity contribution in [3.63, 3.8) is 0 Å². The van der Waals surface area contributed by atoms with E-state index in [9.17, 15) is 14.4 Å². The van der Waals surface area contributed by atoms with Gasteiger partial charge in [0.15, 0.2) is 5.60 Å². The van der Waals surface area contributed by atoms with Crippen LogP contribution in [0.5, 0.6) is 0 Å². The van der Waals surface area contributed by atoms with Gasteiger partial charge < -0.3 is 20.3 Å². The van der Waals surface area contributed by atoms with Crippen LogP contribution in [-0.4, -0.2) is 65.9 Å². The molecule has 7 nitrogen and oxygen atoms in total. The molecule has 7 heteroatoms. The van der Waals surface area contributed by atoms with E-state index in [0.717, 1.165) is 19.3 Å². The molecular formula is C14H23N3O4. The van der Waals surface area contributed by atoms with Crippen LogP contribution in [0.1, 0.15) is 32.6 Å². The lowest BCUT2D eigenvalue weighted by atomic mass is 10.0. The van der Waals surface area contributed by atoms with E-state index in [1.807, 2.05) is 0 Å². The first-order valence-electron chi connectivity index (χ1n) is 7.42. The van der Waals surface area contributed by atoms with E-state index in [1.165, 1.54) is 0 Å². The maximum atomic E-state index is 12.4. The molecule has 2 fully saturated rings. The van der Waals surface area contributed by atoms with Crippen LogP contribution in [0.15, 0.2) is 0 Å². The molecule has 0 aromatic rings. The summed E-state index contributed by atoms with van der Waals surface area (Å²) < 4.78 is 5.39. The van der Waals surface area contributed by atoms with Gasteiger partial charge in [-0.15, -0.1) is 0 Å². The molecule has 2 N–H and O–H groups in total. The smallest absolute Gasteiger partial charge is 0.251 e. The third-order valence-corrected chi connectivity index (χ3v) is 4.15. The molecule has 0 radical (unpaired) electrons. The van der Waals surface area contributed by atoms with Crippen molar-refractivity contribution < 1.29 is 19.1 Å². The predicted molar refractivity (Wildman–Crippen MR) is 75.2 cm³/mol. The molecule has 2 rings (SSSR count). The Labute approximate surface area is 124 Å². The van der Waals surface area contributed by atoms with Crippen molar-refractivity contribution in [1.82, 2.24) is 9.80 Å². The number of likely N-dealkylation sites (tertiary alicyclic amines) is 1. The molecular weight excluding hydrogens is 274 g/mol. The second-order valence-electron chi connectivity index (χ2n) is 5.88. The minimum atomic E-state index is -1.14. The molecule has 2 heterocycles. The summed E-state index contributed by atoms with van der Waals surface area (Å²) in [6, 6.07) is 0. The fraction of sp³-hybridized carbons (Fsp3) is 0.786. The minimum absolute atomic E-state index is 0.0340. The third-order valence-electron chi connectivity index (χ3n) is 4.15. The van der Waals surface area contributed by atoms with E-state index >= 15 is 0 Å². The Morgan fingerprint density at radius 1 is 1.29 bits per heavy atom. The van der Waals surface area contributed by atoms with E-state index in [4.69, 9.17) is 10.5 Å². The fourth-order valence-corrected chi connectivity index (χ4v) is 2.70. The average Bonchev–Trinajstić information content (AvgIpc) is 2.64. The molecule has 3 amide bonds. The van der Waals surface area contributed by atoms with Gasteiger partial charge in [0.25, 0.3) is 5.91 Å². The molecule has 118 valence electrons. The van der Waals surface area contributed by atoms with Crippen LogP contribution in [0.3, 0.4) is 0 Å². The maximum Gasteiger partial charge on any atom is 0.251 e. The van der Waals surface area contributed by atoms with Crippen LogP contribution in [0, 0.1) is 0 Å². The third kappa shape index (κ3) is 3.72. The minimum Gasteiger partial charge on any atom is -0.367 e. The van der Waals surface area contributed by atoms with Crippen LogP contribution in [-0.2, 0) is 19.1 Å². The average molecular weight is 297 g/mol. The van der Waals surface area contributed by atoms with Crippen molar-refractivity contribution in [2.45, 2.75) is 38.2 Å². The van der Waals surface area contributed by atoms with Gasteiger partial charge in [0.05, 0.1) is 19.7 Å². The quantitative estimate of drug-likeness (QED) is 0.759. The number of ether oxygens (including phenoxy) is 1. The zero-order valence-electron chi connectivity index (χ0n) is 12.5. The number of nitrogens with two attached hydrogens (primary N) is 1. The van der Waals surface area contributed by atoms with Crippen molar-refractivity contribution in [3.05, 3.63) is 0 Å². The number of morpholine rings is 1. The molecule has 21 heavy (non-hydrogen) atoms. The first-order valence-corrected chi connectivity index (χ1v) is 7.42. The zero-order valence-corrected chi connectivity index (χ0v) is 12.5. The topological polar surface area (TPSA) is 92.9 Å². The Balaban J connectivity index is 1.96. The number of primary amides is 1. The lowest BCUT2D eigenvalue weighted by molar-refractivity contribution is -0.161. The summed E-state index contributed by atoms with van der Waals surface area (Å²) in [6.07, 6.45) is 3.35. The van der Waals surface area contributed by atoms with Gasteiger partial charge in [-0.3, -0.25) is 14.4 Å². The van der Waals surface area contributed by atoms with E-state index in [1.54, 1.807) is 16.7 Å². The number of nitrogens with zero attached hydrogens (tertiary/aromatic N) is 2. The second kappa shape index (κ2) is 6.43. The molecule has 0 aromatic carbocycles. The van der Waals surface area contributed by atoms with Gasteiger partial charge in [-0.1, -0.05) is 6.42 Å². The van der Waals surface area contributed by atoms with Gasteiger partial charge in [0.2, 0.25) is 11.8 Å². The highest BCUT2D eigenvalue weighted by Gasteiger charge is 2.39. The van der Waals surface area contributed by atoms with E-state index in [0.29, 0.717) is 19.5 Å². The molecule has 0 saturated carbocycles. The molecule has 1 atom stereocenters.